The number of ketones is 3. The summed E-state index contributed by atoms with van der Waals surface area (Å²) < 4.78 is 7.68. The number of aromatic hydroxyl groups is 2. The first-order valence-corrected chi connectivity index (χ1v) is 10.1. The number of allylic oxidation sites excluding steroid dienone is 4. The third kappa shape index (κ3) is 2.79. The molecule has 8 heteroatoms. The summed E-state index contributed by atoms with van der Waals surface area (Å²) in [4.78, 5) is 38.8. The Morgan fingerprint density at radius 1 is 1.22 bits per heavy atom. The van der Waals surface area contributed by atoms with Crippen molar-refractivity contribution in [3.05, 3.63) is 63.8 Å². The number of hydrogen-bond acceptors (Lipinski definition) is 7. The number of ether oxygens (including phenoxy) is 1. The van der Waals surface area contributed by atoms with Crippen LogP contribution >= 0.6 is 0 Å². The second-order valence-corrected chi connectivity index (χ2v) is 8.35. The fourth-order valence-electron chi connectivity index (χ4n) is 4.35. The van der Waals surface area contributed by atoms with E-state index >= 15 is 0 Å². The molecule has 1 aromatic heterocycles. The number of fused-ring (bicyclic) bond motifs is 3. The fraction of sp³-hybridized carbons (Fsp3) is 0.292. The number of nitrogens with one attached hydrogen (secondary N) is 1. The highest BCUT2D eigenvalue weighted by Gasteiger charge is 2.56. The van der Waals surface area contributed by atoms with Gasteiger partial charge in [-0.25, -0.2) is 0 Å². The maximum atomic E-state index is 13.7. The Morgan fingerprint density at radius 3 is 2.50 bits per heavy atom. The van der Waals surface area contributed by atoms with Crippen molar-refractivity contribution in [2.75, 3.05) is 0 Å². The van der Waals surface area contributed by atoms with Gasteiger partial charge in [-0.05, 0) is 39.8 Å². The zero-order valence-electron chi connectivity index (χ0n) is 18.5. The molecule has 0 saturated carbocycles. The molecule has 1 unspecified atom stereocenters. The summed E-state index contributed by atoms with van der Waals surface area (Å²) in [6.07, 6.45) is 3.10. The Hall–Kier alpha value is -3.81. The zero-order chi connectivity index (χ0) is 23.5. The van der Waals surface area contributed by atoms with Gasteiger partial charge in [-0.15, -0.1) is 0 Å². The number of aromatic nitrogens is 1. The Bertz CT molecular complexity index is 1280. The summed E-state index contributed by atoms with van der Waals surface area (Å²) in [5.74, 6) is -2.40. The van der Waals surface area contributed by atoms with Gasteiger partial charge < -0.3 is 24.8 Å². The second-order valence-electron chi connectivity index (χ2n) is 8.35. The van der Waals surface area contributed by atoms with E-state index in [4.69, 9.17) is 4.74 Å². The minimum Gasteiger partial charge on any atom is -0.507 e. The van der Waals surface area contributed by atoms with Gasteiger partial charge in [0.15, 0.2) is 17.3 Å². The van der Waals surface area contributed by atoms with Gasteiger partial charge in [-0.1, -0.05) is 0 Å². The van der Waals surface area contributed by atoms with Crippen LogP contribution in [0.2, 0.25) is 0 Å². The molecule has 1 aliphatic heterocycles. The highest BCUT2D eigenvalue weighted by molar-refractivity contribution is 6.31. The molecule has 8 nitrogen and oxygen atoms in total. The van der Waals surface area contributed by atoms with E-state index in [1.807, 2.05) is 29.9 Å². The Kier molecular flexibility index (Phi) is 4.76. The topological polar surface area (TPSA) is 118 Å². The summed E-state index contributed by atoms with van der Waals surface area (Å²) in [7, 11) is 1.90. The first-order chi connectivity index (χ1) is 15.0. The van der Waals surface area contributed by atoms with E-state index in [-0.39, 0.29) is 39.5 Å². The van der Waals surface area contributed by atoms with Crippen LogP contribution in [0.4, 0.5) is 0 Å². The van der Waals surface area contributed by atoms with Gasteiger partial charge in [-0.2, -0.15) is 0 Å². The molecule has 1 aromatic carbocycles. The lowest BCUT2D eigenvalue weighted by Crippen LogP contribution is -2.41. The number of aryl methyl sites for hydroxylation is 1. The fourth-order valence-corrected chi connectivity index (χ4v) is 4.35. The molecule has 0 saturated heterocycles. The number of Topliss-reactive ketones (excluding diaryl/α,β-unsaturated/α-hetero) is 2. The third-order valence-corrected chi connectivity index (χ3v) is 6.35. The highest BCUT2D eigenvalue weighted by atomic mass is 16.5. The van der Waals surface area contributed by atoms with Crippen molar-refractivity contribution in [1.82, 2.24) is 9.88 Å². The summed E-state index contributed by atoms with van der Waals surface area (Å²) in [5.41, 5.74) is -0.185. The number of phenolic OH excluding ortho intramolecular Hbond substituents is 2. The Balaban J connectivity index is 1.86. The van der Waals surface area contributed by atoms with E-state index in [1.165, 1.54) is 19.9 Å². The molecule has 1 aliphatic carbocycles. The van der Waals surface area contributed by atoms with E-state index < -0.39 is 28.5 Å². The van der Waals surface area contributed by atoms with Gasteiger partial charge >= 0.3 is 0 Å². The van der Waals surface area contributed by atoms with Gasteiger partial charge in [0.1, 0.15) is 34.0 Å². The maximum Gasteiger partial charge on any atom is 0.194 e. The van der Waals surface area contributed by atoms with Crippen molar-refractivity contribution in [2.24, 2.45) is 7.05 Å². The molecule has 1 atom stereocenters. The molecule has 2 heterocycles. The smallest absolute Gasteiger partial charge is 0.194 e. The first kappa shape index (κ1) is 21.4. The van der Waals surface area contributed by atoms with Gasteiger partial charge in [0.2, 0.25) is 0 Å². The van der Waals surface area contributed by atoms with Crippen molar-refractivity contribution in [3.63, 3.8) is 0 Å². The molecular formula is C24H24N2O6. The van der Waals surface area contributed by atoms with Gasteiger partial charge in [-0.3, -0.25) is 14.4 Å². The number of nitrogens with zero attached hydrogens (tertiary/aromatic N) is 1. The molecule has 3 N–H and O–H groups in total. The molecular weight excluding hydrogens is 412 g/mol. The molecule has 4 rings (SSSR count). The minimum absolute atomic E-state index is 0.0179. The summed E-state index contributed by atoms with van der Waals surface area (Å²) in [6, 6.07) is 3.82. The van der Waals surface area contributed by atoms with Crippen LogP contribution in [0.15, 0.2) is 41.4 Å². The quantitative estimate of drug-likeness (QED) is 0.383. The molecule has 2 aliphatic rings. The molecule has 32 heavy (non-hydrogen) atoms. The first-order valence-electron chi connectivity index (χ1n) is 10.1. The molecule has 0 amide bonds. The zero-order valence-corrected chi connectivity index (χ0v) is 18.5. The normalized spacial score (nSPS) is 21.0. The number of benzene rings is 1. The SMILES string of the molecule is CC(=O)c1c(O)c(C)c(O)c2c1OC1=CC(=O)C(=C(C)NCc3cccn3C)C(=O)C12C. The van der Waals surface area contributed by atoms with Crippen LogP contribution in [0.5, 0.6) is 17.2 Å². The van der Waals surface area contributed by atoms with E-state index in [2.05, 4.69) is 5.32 Å². The van der Waals surface area contributed by atoms with Crippen LogP contribution in [-0.2, 0) is 28.6 Å². The van der Waals surface area contributed by atoms with Crippen molar-refractivity contribution < 1.29 is 29.3 Å². The predicted molar refractivity (Wildman–Crippen MR) is 116 cm³/mol. The second kappa shape index (κ2) is 7.12. The van der Waals surface area contributed by atoms with Crippen molar-refractivity contribution in [1.29, 1.82) is 0 Å². The van der Waals surface area contributed by atoms with Crippen LogP contribution in [0.1, 0.15) is 48.0 Å². The standard InChI is InChI=1S/C24H24N2O6/c1-11-20(29)18(13(3)27)22-19(21(11)30)24(4)16(32-22)9-15(28)17(23(24)31)12(2)25-10-14-7-6-8-26(14)5/h6-9,25,29-30H,10H2,1-5H3. The van der Waals surface area contributed by atoms with Crippen LogP contribution in [0.25, 0.3) is 0 Å². The number of rotatable bonds is 4. The molecule has 0 fully saturated rings. The van der Waals surface area contributed by atoms with E-state index in [0.29, 0.717) is 12.2 Å². The number of carbonyl (C=O) groups excluding carboxylic acids is 3. The number of hydrogen-bond donors (Lipinski definition) is 3. The number of phenols is 2. The van der Waals surface area contributed by atoms with Gasteiger partial charge in [0.25, 0.3) is 0 Å². The van der Waals surface area contributed by atoms with Crippen molar-refractivity contribution in [2.45, 2.75) is 39.7 Å². The van der Waals surface area contributed by atoms with Crippen LogP contribution < -0.4 is 10.1 Å². The highest BCUT2D eigenvalue weighted by Crippen LogP contribution is 2.57. The van der Waals surface area contributed by atoms with Gasteiger partial charge in [0.05, 0.1) is 17.7 Å². The van der Waals surface area contributed by atoms with E-state index in [9.17, 15) is 24.6 Å². The van der Waals surface area contributed by atoms with Crippen LogP contribution in [0.3, 0.4) is 0 Å². The van der Waals surface area contributed by atoms with Crippen molar-refractivity contribution in [3.8, 4) is 17.2 Å². The lowest BCUT2D eigenvalue weighted by atomic mass is 9.70. The average molecular weight is 436 g/mol. The summed E-state index contributed by atoms with van der Waals surface area (Å²) in [5, 5.41) is 24.4. The van der Waals surface area contributed by atoms with Crippen molar-refractivity contribution >= 4 is 17.3 Å². The number of carbonyl (C=O) groups is 3. The van der Waals surface area contributed by atoms with E-state index in [0.717, 1.165) is 5.69 Å². The molecule has 2 aromatic rings. The predicted octanol–water partition coefficient (Wildman–Crippen LogP) is 2.70. The molecule has 0 radical (unpaired) electrons. The Morgan fingerprint density at radius 2 is 1.91 bits per heavy atom. The van der Waals surface area contributed by atoms with E-state index in [1.54, 1.807) is 13.8 Å². The largest absolute Gasteiger partial charge is 0.507 e. The molecule has 0 spiro atoms. The molecule has 166 valence electrons. The average Bonchev–Trinajstić information content (AvgIpc) is 3.25. The van der Waals surface area contributed by atoms with Crippen LogP contribution in [-0.4, -0.2) is 32.1 Å². The monoisotopic (exact) mass is 436 g/mol. The molecule has 0 bridgehead atoms. The van der Waals surface area contributed by atoms with Crippen LogP contribution in [0, 0.1) is 6.92 Å². The lowest BCUT2D eigenvalue weighted by Gasteiger charge is -2.29. The van der Waals surface area contributed by atoms with Gasteiger partial charge in [0, 0.05) is 36.3 Å². The Labute approximate surface area is 184 Å². The lowest BCUT2D eigenvalue weighted by molar-refractivity contribution is -0.123. The maximum absolute atomic E-state index is 13.7. The summed E-state index contributed by atoms with van der Waals surface area (Å²) >= 11 is 0. The third-order valence-electron chi connectivity index (χ3n) is 6.35. The minimum atomic E-state index is -1.51. The summed E-state index contributed by atoms with van der Waals surface area (Å²) in [6.45, 7) is 6.31.